The zero-order chi connectivity index (χ0) is 13.2. The molecule has 0 aliphatic heterocycles. The van der Waals surface area contributed by atoms with Crippen molar-refractivity contribution < 1.29 is 4.79 Å². The third-order valence-electron chi connectivity index (χ3n) is 4.37. The lowest BCUT2D eigenvalue weighted by Crippen LogP contribution is -2.38. The van der Waals surface area contributed by atoms with E-state index in [2.05, 4.69) is 36.1 Å². The number of hydrogen-bond acceptors (Lipinski definition) is 1. The van der Waals surface area contributed by atoms with E-state index in [0.717, 1.165) is 12.8 Å². The molecule has 2 aliphatic carbocycles. The molecule has 0 radical (unpaired) electrons. The van der Waals surface area contributed by atoms with Gasteiger partial charge in [-0.05, 0) is 49.7 Å². The standard InChI is InChI=1S/C17H23NO/c1-2-6-17(19)18(14-11-12-14)16-10-5-8-13-7-3-4-9-15(13)16/h3-4,7,9,14,16H,2,5-6,8,10-12H2,1H3. The van der Waals surface area contributed by atoms with Gasteiger partial charge in [-0.25, -0.2) is 0 Å². The minimum atomic E-state index is 0.344. The van der Waals surface area contributed by atoms with Gasteiger partial charge in [-0.2, -0.15) is 0 Å². The highest BCUT2D eigenvalue weighted by atomic mass is 16.2. The Morgan fingerprint density at radius 3 is 2.79 bits per heavy atom. The number of carbonyl (C=O) groups excluding carboxylic acids is 1. The molecule has 1 saturated carbocycles. The summed E-state index contributed by atoms with van der Waals surface area (Å²) in [4.78, 5) is 14.7. The molecular formula is C17H23NO. The Balaban J connectivity index is 1.89. The van der Waals surface area contributed by atoms with E-state index in [1.807, 2.05) is 0 Å². The van der Waals surface area contributed by atoms with E-state index in [4.69, 9.17) is 0 Å². The molecule has 1 fully saturated rings. The normalized spacial score (nSPS) is 21.8. The van der Waals surface area contributed by atoms with Gasteiger partial charge in [-0.1, -0.05) is 31.2 Å². The van der Waals surface area contributed by atoms with Gasteiger partial charge >= 0.3 is 0 Å². The molecule has 2 nitrogen and oxygen atoms in total. The maximum absolute atomic E-state index is 12.5. The van der Waals surface area contributed by atoms with Gasteiger partial charge in [0.1, 0.15) is 0 Å². The molecule has 1 amide bonds. The Bertz CT molecular complexity index is 464. The summed E-state index contributed by atoms with van der Waals surface area (Å²) in [7, 11) is 0. The average Bonchev–Trinajstić information content (AvgIpc) is 3.24. The monoisotopic (exact) mass is 257 g/mol. The third-order valence-corrected chi connectivity index (χ3v) is 4.37. The van der Waals surface area contributed by atoms with Crippen LogP contribution in [0.4, 0.5) is 0 Å². The van der Waals surface area contributed by atoms with E-state index in [0.29, 0.717) is 24.4 Å². The van der Waals surface area contributed by atoms with Crippen molar-refractivity contribution in [2.45, 2.75) is 64.0 Å². The topological polar surface area (TPSA) is 20.3 Å². The van der Waals surface area contributed by atoms with Crippen molar-refractivity contribution in [3.05, 3.63) is 35.4 Å². The second kappa shape index (κ2) is 5.36. The second-order valence-electron chi connectivity index (χ2n) is 5.89. The van der Waals surface area contributed by atoms with Crippen LogP contribution in [0, 0.1) is 0 Å². The smallest absolute Gasteiger partial charge is 0.223 e. The molecule has 1 unspecified atom stereocenters. The summed E-state index contributed by atoms with van der Waals surface area (Å²) >= 11 is 0. The van der Waals surface area contributed by atoms with Crippen molar-refractivity contribution in [2.24, 2.45) is 0 Å². The van der Waals surface area contributed by atoms with Gasteiger partial charge in [0.05, 0.1) is 6.04 Å². The fraction of sp³-hybridized carbons (Fsp3) is 0.588. The highest BCUT2D eigenvalue weighted by Gasteiger charge is 2.38. The molecule has 1 aromatic carbocycles. The van der Waals surface area contributed by atoms with E-state index >= 15 is 0 Å². The molecule has 1 atom stereocenters. The lowest BCUT2D eigenvalue weighted by Gasteiger charge is -2.36. The summed E-state index contributed by atoms with van der Waals surface area (Å²) in [6.07, 6.45) is 7.59. The quantitative estimate of drug-likeness (QED) is 0.802. The van der Waals surface area contributed by atoms with Gasteiger partial charge in [0.15, 0.2) is 0 Å². The predicted octanol–water partition coefficient (Wildman–Crippen LogP) is 3.86. The van der Waals surface area contributed by atoms with Crippen LogP contribution in [0.2, 0.25) is 0 Å². The maximum atomic E-state index is 12.5. The zero-order valence-corrected chi connectivity index (χ0v) is 11.8. The van der Waals surface area contributed by atoms with Crippen molar-refractivity contribution in [1.29, 1.82) is 0 Å². The first-order chi connectivity index (χ1) is 9.31. The Morgan fingerprint density at radius 2 is 2.05 bits per heavy atom. The maximum Gasteiger partial charge on any atom is 0.223 e. The fourth-order valence-electron chi connectivity index (χ4n) is 3.34. The van der Waals surface area contributed by atoms with E-state index in [-0.39, 0.29) is 0 Å². The number of carbonyl (C=O) groups is 1. The molecule has 102 valence electrons. The summed E-state index contributed by atoms with van der Waals surface area (Å²) in [5.74, 6) is 0.367. The highest BCUT2D eigenvalue weighted by Crippen LogP contribution is 2.41. The Morgan fingerprint density at radius 1 is 1.26 bits per heavy atom. The summed E-state index contributed by atoms with van der Waals surface area (Å²) in [5.41, 5.74) is 2.86. The van der Waals surface area contributed by atoms with Gasteiger partial charge in [0.2, 0.25) is 5.91 Å². The lowest BCUT2D eigenvalue weighted by molar-refractivity contribution is -0.134. The number of benzene rings is 1. The largest absolute Gasteiger partial charge is 0.333 e. The van der Waals surface area contributed by atoms with E-state index in [1.54, 1.807) is 0 Å². The first-order valence-corrected chi connectivity index (χ1v) is 7.70. The number of fused-ring (bicyclic) bond motifs is 1. The first kappa shape index (κ1) is 12.7. The number of aryl methyl sites for hydroxylation is 1. The van der Waals surface area contributed by atoms with Gasteiger partial charge < -0.3 is 4.90 Å². The molecule has 0 aromatic heterocycles. The van der Waals surface area contributed by atoms with Gasteiger partial charge in [-0.15, -0.1) is 0 Å². The van der Waals surface area contributed by atoms with Crippen molar-refractivity contribution in [3.8, 4) is 0 Å². The molecule has 2 aliphatic rings. The fourth-order valence-corrected chi connectivity index (χ4v) is 3.34. The molecule has 0 saturated heterocycles. The number of amides is 1. The van der Waals surface area contributed by atoms with Crippen LogP contribution in [0.5, 0.6) is 0 Å². The molecule has 0 N–H and O–H groups in total. The summed E-state index contributed by atoms with van der Waals surface area (Å²) in [6.45, 7) is 2.10. The van der Waals surface area contributed by atoms with E-state index in [1.165, 1.54) is 36.8 Å². The van der Waals surface area contributed by atoms with Crippen LogP contribution in [0.3, 0.4) is 0 Å². The Kier molecular flexibility index (Phi) is 3.58. The molecular weight excluding hydrogens is 234 g/mol. The van der Waals surface area contributed by atoms with Gasteiger partial charge in [-0.3, -0.25) is 4.79 Å². The van der Waals surface area contributed by atoms with Crippen LogP contribution >= 0.6 is 0 Å². The number of hydrogen-bond donors (Lipinski definition) is 0. The van der Waals surface area contributed by atoms with Crippen LogP contribution in [-0.4, -0.2) is 16.8 Å². The van der Waals surface area contributed by atoms with Crippen LogP contribution < -0.4 is 0 Å². The summed E-state index contributed by atoms with van der Waals surface area (Å²) in [6, 6.07) is 9.57. The van der Waals surface area contributed by atoms with Gasteiger partial charge in [0.25, 0.3) is 0 Å². The van der Waals surface area contributed by atoms with Crippen LogP contribution in [0.15, 0.2) is 24.3 Å². The van der Waals surface area contributed by atoms with Crippen molar-refractivity contribution in [1.82, 2.24) is 4.90 Å². The van der Waals surface area contributed by atoms with Crippen LogP contribution in [0.25, 0.3) is 0 Å². The molecule has 0 bridgehead atoms. The van der Waals surface area contributed by atoms with Crippen molar-refractivity contribution in [2.75, 3.05) is 0 Å². The molecule has 0 heterocycles. The Hall–Kier alpha value is -1.31. The van der Waals surface area contributed by atoms with Gasteiger partial charge in [0, 0.05) is 12.5 Å². The number of rotatable bonds is 4. The Labute approximate surface area is 115 Å². The van der Waals surface area contributed by atoms with Crippen molar-refractivity contribution in [3.63, 3.8) is 0 Å². The van der Waals surface area contributed by atoms with Crippen LogP contribution in [0.1, 0.15) is 62.6 Å². The molecule has 19 heavy (non-hydrogen) atoms. The number of nitrogens with zero attached hydrogens (tertiary/aromatic N) is 1. The van der Waals surface area contributed by atoms with Crippen molar-refractivity contribution >= 4 is 5.91 Å². The zero-order valence-electron chi connectivity index (χ0n) is 11.8. The lowest BCUT2D eigenvalue weighted by atomic mass is 9.86. The van der Waals surface area contributed by atoms with E-state index < -0.39 is 0 Å². The minimum Gasteiger partial charge on any atom is -0.333 e. The molecule has 2 heteroatoms. The summed E-state index contributed by atoms with van der Waals surface area (Å²) in [5, 5.41) is 0. The second-order valence-corrected chi connectivity index (χ2v) is 5.89. The first-order valence-electron chi connectivity index (χ1n) is 7.70. The van der Waals surface area contributed by atoms with Crippen LogP contribution in [-0.2, 0) is 11.2 Å². The highest BCUT2D eigenvalue weighted by molar-refractivity contribution is 5.77. The molecule has 3 rings (SSSR count). The summed E-state index contributed by atoms with van der Waals surface area (Å²) < 4.78 is 0. The average molecular weight is 257 g/mol. The molecule has 1 aromatic rings. The minimum absolute atomic E-state index is 0.344. The van der Waals surface area contributed by atoms with E-state index in [9.17, 15) is 4.79 Å². The third kappa shape index (κ3) is 2.54. The predicted molar refractivity (Wildman–Crippen MR) is 76.9 cm³/mol. The molecule has 0 spiro atoms. The SMILES string of the molecule is CCCC(=O)N(C1CC1)C1CCCc2ccccc21.